The molecule has 0 saturated carbocycles. The average Bonchev–Trinajstić information content (AvgIpc) is 2.28. The summed E-state index contributed by atoms with van der Waals surface area (Å²) >= 11 is 11.3. The molecule has 16 heavy (non-hydrogen) atoms. The van der Waals surface area contributed by atoms with Gasteiger partial charge in [0, 0.05) is 17.7 Å². The summed E-state index contributed by atoms with van der Waals surface area (Å²) in [4.78, 5) is 3.93. The lowest BCUT2D eigenvalue weighted by Crippen LogP contribution is -1.92. The van der Waals surface area contributed by atoms with Crippen LogP contribution in [-0.2, 0) is 0 Å². The highest BCUT2D eigenvalue weighted by molar-refractivity contribution is 6.65. The SMILES string of the molecule is CC1=CC=C(Cl)CC1.CC1=CN=C(Cl)CC1. The molecule has 0 bridgehead atoms. The molecule has 0 amide bonds. The van der Waals surface area contributed by atoms with Gasteiger partial charge in [-0.15, -0.1) is 0 Å². The molecule has 0 spiro atoms. The fraction of sp³-hybridized carbons (Fsp3) is 0.462. The topological polar surface area (TPSA) is 12.4 Å². The summed E-state index contributed by atoms with van der Waals surface area (Å²) in [5.41, 5.74) is 2.74. The first-order valence-electron chi connectivity index (χ1n) is 5.47. The fourth-order valence-electron chi connectivity index (χ4n) is 1.33. The number of aliphatic imine (C=N–C) groups is 1. The number of rotatable bonds is 0. The van der Waals surface area contributed by atoms with Gasteiger partial charge in [-0.3, -0.25) is 0 Å². The third-order valence-electron chi connectivity index (χ3n) is 2.46. The quantitative estimate of drug-likeness (QED) is 0.568. The molecule has 0 aromatic carbocycles. The third kappa shape index (κ3) is 5.53. The van der Waals surface area contributed by atoms with Gasteiger partial charge in [-0.1, -0.05) is 40.4 Å². The Morgan fingerprint density at radius 3 is 2.00 bits per heavy atom. The van der Waals surface area contributed by atoms with Gasteiger partial charge in [-0.2, -0.15) is 0 Å². The zero-order valence-corrected chi connectivity index (χ0v) is 11.3. The van der Waals surface area contributed by atoms with Crippen LogP contribution in [0.1, 0.15) is 39.5 Å². The van der Waals surface area contributed by atoms with Gasteiger partial charge in [-0.25, -0.2) is 4.99 Å². The van der Waals surface area contributed by atoms with Crippen molar-refractivity contribution in [3.8, 4) is 0 Å². The zero-order valence-electron chi connectivity index (χ0n) is 9.76. The number of halogens is 2. The molecule has 0 atom stereocenters. The minimum absolute atomic E-state index is 0.732. The first kappa shape index (κ1) is 13.5. The van der Waals surface area contributed by atoms with Crippen molar-refractivity contribution in [3.05, 3.63) is 34.5 Å². The smallest absolute Gasteiger partial charge is 0.106 e. The molecule has 1 nitrogen and oxygen atoms in total. The van der Waals surface area contributed by atoms with Crippen LogP contribution in [0.2, 0.25) is 0 Å². The minimum Gasteiger partial charge on any atom is -0.249 e. The van der Waals surface area contributed by atoms with E-state index in [1.807, 2.05) is 12.3 Å². The second-order valence-corrected chi connectivity index (χ2v) is 5.03. The second kappa shape index (κ2) is 6.93. The van der Waals surface area contributed by atoms with Crippen LogP contribution in [0.25, 0.3) is 0 Å². The van der Waals surface area contributed by atoms with Crippen molar-refractivity contribution >= 4 is 28.4 Å². The maximum Gasteiger partial charge on any atom is 0.106 e. The van der Waals surface area contributed by atoms with Crippen LogP contribution < -0.4 is 0 Å². The first-order chi connectivity index (χ1) is 7.58. The molecule has 2 aliphatic rings. The minimum atomic E-state index is 0.732. The van der Waals surface area contributed by atoms with Crippen LogP contribution in [0.15, 0.2) is 39.5 Å². The number of hydrogen-bond acceptors (Lipinski definition) is 1. The van der Waals surface area contributed by atoms with Gasteiger partial charge in [-0.05, 0) is 39.2 Å². The Bertz CT molecular complexity index is 290. The number of allylic oxidation sites excluding steroid dienone is 5. The lowest BCUT2D eigenvalue weighted by molar-refractivity contribution is 0.947. The van der Waals surface area contributed by atoms with Crippen molar-refractivity contribution in [2.75, 3.05) is 0 Å². The lowest BCUT2D eigenvalue weighted by atomic mass is 10.1. The van der Waals surface area contributed by atoms with E-state index in [1.54, 1.807) is 0 Å². The van der Waals surface area contributed by atoms with E-state index in [2.05, 4.69) is 24.9 Å². The molecule has 1 aliphatic heterocycles. The van der Waals surface area contributed by atoms with Gasteiger partial charge >= 0.3 is 0 Å². The van der Waals surface area contributed by atoms with Crippen molar-refractivity contribution in [1.29, 1.82) is 0 Å². The van der Waals surface area contributed by atoms with Crippen molar-refractivity contribution in [2.24, 2.45) is 4.99 Å². The Balaban J connectivity index is 0.000000160. The van der Waals surface area contributed by atoms with E-state index in [0.29, 0.717) is 0 Å². The Labute approximate surface area is 108 Å². The monoisotopic (exact) mass is 257 g/mol. The lowest BCUT2D eigenvalue weighted by Gasteiger charge is -2.03. The zero-order chi connectivity index (χ0) is 12.0. The van der Waals surface area contributed by atoms with Crippen LogP contribution in [0.3, 0.4) is 0 Å². The van der Waals surface area contributed by atoms with E-state index < -0.39 is 0 Å². The molecule has 0 saturated heterocycles. The molecular formula is C13H17Cl2N. The van der Waals surface area contributed by atoms with Crippen LogP contribution in [-0.4, -0.2) is 5.17 Å². The third-order valence-corrected chi connectivity index (χ3v) is 3.06. The Kier molecular flexibility index (Phi) is 5.86. The molecule has 3 heteroatoms. The summed E-state index contributed by atoms with van der Waals surface area (Å²) in [5.74, 6) is 0. The van der Waals surface area contributed by atoms with Gasteiger partial charge in [0.15, 0.2) is 0 Å². The Morgan fingerprint density at radius 1 is 0.938 bits per heavy atom. The second-order valence-electron chi connectivity index (χ2n) is 4.11. The highest BCUT2D eigenvalue weighted by atomic mass is 35.5. The van der Waals surface area contributed by atoms with Gasteiger partial charge in [0.2, 0.25) is 0 Å². The summed E-state index contributed by atoms with van der Waals surface area (Å²) in [6.45, 7) is 4.19. The molecule has 88 valence electrons. The normalized spacial score (nSPS) is 19.8. The van der Waals surface area contributed by atoms with E-state index in [0.717, 1.165) is 35.9 Å². The molecular weight excluding hydrogens is 241 g/mol. The van der Waals surface area contributed by atoms with E-state index in [4.69, 9.17) is 23.2 Å². The summed E-state index contributed by atoms with van der Waals surface area (Å²) in [6, 6.07) is 0. The van der Waals surface area contributed by atoms with Crippen molar-refractivity contribution in [2.45, 2.75) is 39.5 Å². The predicted octanol–water partition coefficient (Wildman–Crippen LogP) is 5.17. The molecule has 1 heterocycles. The first-order valence-corrected chi connectivity index (χ1v) is 6.23. The summed E-state index contributed by atoms with van der Waals surface area (Å²) in [7, 11) is 0. The largest absolute Gasteiger partial charge is 0.249 e. The van der Waals surface area contributed by atoms with E-state index >= 15 is 0 Å². The maximum atomic E-state index is 5.70. The standard InChI is InChI=1S/C7H9Cl.C6H8ClN/c1-6-2-4-7(8)5-3-6;1-5-2-3-6(7)8-4-5/h2,4H,3,5H2,1H3;4H,2-3H2,1H3. The summed E-state index contributed by atoms with van der Waals surface area (Å²) < 4.78 is 0. The van der Waals surface area contributed by atoms with E-state index in [9.17, 15) is 0 Å². The molecule has 0 N–H and O–H groups in total. The summed E-state index contributed by atoms with van der Waals surface area (Å²) in [5, 5.41) is 1.71. The van der Waals surface area contributed by atoms with Crippen LogP contribution in [0.4, 0.5) is 0 Å². The summed E-state index contributed by atoms with van der Waals surface area (Å²) in [6.07, 6.45) is 10.0. The van der Waals surface area contributed by atoms with Gasteiger partial charge in [0.25, 0.3) is 0 Å². The van der Waals surface area contributed by atoms with Gasteiger partial charge in [0.05, 0.1) is 0 Å². The molecule has 0 aromatic rings. The number of nitrogens with zero attached hydrogens (tertiary/aromatic N) is 1. The molecule has 0 unspecified atom stereocenters. The van der Waals surface area contributed by atoms with Gasteiger partial charge < -0.3 is 0 Å². The van der Waals surface area contributed by atoms with Crippen molar-refractivity contribution in [3.63, 3.8) is 0 Å². The van der Waals surface area contributed by atoms with Crippen LogP contribution in [0.5, 0.6) is 0 Å². The molecule has 0 radical (unpaired) electrons. The Morgan fingerprint density at radius 2 is 1.62 bits per heavy atom. The Hall–Kier alpha value is -0.530. The van der Waals surface area contributed by atoms with E-state index in [1.165, 1.54) is 11.1 Å². The fourth-order valence-corrected chi connectivity index (χ4v) is 1.63. The molecule has 0 aromatic heterocycles. The van der Waals surface area contributed by atoms with Crippen LogP contribution in [0, 0.1) is 0 Å². The number of hydrogen-bond donors (Lipinski definition) is 0. The molecule has 0 fully saturated rings. The highest BCUT2D eigenvalue weighted by Gasteiger charge is 1.99. The predicted molar refractivity (Wildman–Crippen MR) is 73.2 cm³/mol. The van der Waals surface area contributed by atoms with Crippen molar-refractivity contribution < 1.29 is 0 Å². The molecule has 2 rings (SSSR count). The average molecular weight is 258 g/mol. The van der Waals surface area contributed by atoms with Crippen LogP contribution >= 0.6 is 23.2 Å². The van der Waals surface area contributed by atoms with Crippen molar-refractivity contribution in [1.82, 2.24) is 0 Å². The molecule has 1 aliphatic carbocycles. The van der Waals surface area contributed by atoms with E-state index in [-0.39, 0.29) is 0 Å². The highest BCUT2D eigenvalue weighted by Crippen LogP contribution is 2.19. The maximum absolute atomic E-state index is 5.70. The van der Waals surface area contributed by atoms with Gasteiger partial charge in [0.1, 0.15) is 5.17 Å².